The molecule has 1 atom stereocenters. The quantitative estimate of drug-likeness (QED) is 0.650. The summed E-state index contributed by atoms with van der Waals surface area (Å²) < 4.78 is 0. The predicted molar refractivity (Wildman–Crippen MR) is 55.7 cm³/mol. The van der Waals surface area contributed by atoms with Crippen molar-refractivity contribution in [3.8, 4) is 0 Å². The fraction of sp³-hybridized carbons (Fsp3) is 0.818. The minimum Gasteiger partial charge on any atom is -0.396 e. The van der Waals surface area contributed by atoms with Gasteiger partial charge in [0.1, 0.15) is 0 Å². The van der Waals surface area contributed by atoms with E-state index >= 15 is 0 Å². The van der Waals surface area contributed by atoms with Gasteiger partial charge in [0.05, 0.1) is 0 Å². The number of hydrogen-bond acceptors (Lipinski definition) is 2. The van der Waals surface area contributed by atoms with Gasteiger partial charge in [-0.2, -0.15) is 0 Å². The van der Waals surface area contributed by atoms with Crippen LogP contribution >= 0.6 is 0 Å². The van der Waals surface area contributed by atoms with Crippen molar-refractivity contribution in [2.45, 2.75) is 33.1 Å². The molecule has 13 heavy (non-hydrogen) atoms. The van der Waals surface area contributed by atoms with Crippen molar-refractivity contribution in [2.24, 2.45) is 5.92 Å². The van der Waals surface area contributed by atoms with E-state index in [2.05, 4.69) is 19.2 Å². The Hall–Kier alpha value is -0.340. The molecular weight excluding hydrogens is 162 g/mol. The van der Waals surface area contributed by atoms with Gasteiger partial charge in [0.2, 0.25) is 0 Å². The molecule has 0 amide bonds. The number of aliphatic hydroxyl groups excluding tert-OH is 1. The van der Waals surface area contributed by atoms with E-state index in [1.54, 1.807) is 0 Å². The van der Waals surface area contributed by atoms with Crippen LogP contribution in [0.15, 0.2) is 11.1 Å². The average Bonchev–Trinajstić information content (AvgIpc) is 2.18. The van der Waals surface area contributed by atoms with E-state index in [4.69, 9.17) is 5.11 Å². The lowest BCUT2D eigenvalue weighted by Gasteiger charge is -2.24. The summed E-state index contributed by atoms with van der Waals surface area (Å²) >= 11 is 0. The van der Waals surface area contributed by atoms with Gasteiger partial charge < -0.3 is 10.4 Å². The molecule has 1 aliphatic rings. The van der Waals surface area contributed by atoms with Crippen LogP contribution in [-0.2, 0) is 0 Å². The van der Waals surface area contributed by atoms with E-state index < -0.39 is 0 Å². The predicted octanol–water partition coefficient (Wildman–Crippen LogP) is 1.70. The van der Waals surface area contributed by atoms with Crippen molar-refractivity contribution >= 4 is 0 Å². The van der Waals surface area contributed by atoms with Crippen LogP contribution in [0.4, 0.5) is 0 Å². The van der Waals surface area contributed by atoms with Gasteiger partial charge in [-0.3, -0.25) is 0 Å². The highest BCUT2D eigenvalue weighted by atomic mass is 16.3. The molecule has 2 N–H and O–H groups in total. The van der Waals surface area contributed by atoms with Gasteiger partial charge in [0, 0.05) is 19.1 Å². The van der Waals surface area contributed by atoms with E-state index in [9.17, 15) is 0 Å². The standard InChI is InChI=1S/C11H21NO/c1-3-4-10-7-12-6-5-11(10)9(2)8-13/h9,12-13H,3-8H2,1-2H3. The number of aliphatic hydroxyl groups is 1. The first kappa shape index (κ1) is 10.7. The average molecular weight is 183 g/mol. The molecular formula is C11H21NO. The van der Waals surface area contributed by atoms with Crippen molar-refractivity contribution in [3.63, 3.8) is 0 Å². The molecule has 1 heterocycles. The summed E-state index contributed by atoms with van der Waals surface area (Å²) in [7, 11) is 0. The maximum Gasteiger partial charge on any atom is 0.0493 e. The minimum atomic E-state index is 0.294. The Morgan fingerprint density at radius 2 is 2.31 bits per heavy atom. The molecule has 1 rings (SSSR count). The van der Waals surface area contributed by atoms with Crippen LogP contribution in [0.3, 0.4) is 0 Å². The third-order valence-corrected chi connectivity index (χ3v) is 2.78. The van der Waals surface area contributed by atoms with Crippen LogP contribution in [0.2, 0.25) is 0 Å². The molecule has 0 aromatic rings. The third kappa shape index (κ3) is 2.82. The first-order valence-corrected chi connectivity index (χ1v) is 5.32. The molecule has 0 aromatic carbocycles. The summed E-state index contributed by atoms with van der Waals surface area (Å²) in [6.45, 7) is 6.74. The zero-order valence-electron chi connectivity index (χ0n) is 8.77. The fourth-order valence-electron chi connectivity index (χ4n) is 2.01. The maximum absolute atomic E-state index is 9.12. The monoisotopic (exact) mass is 183 g/mol. The van der Waals surface area contributed by atoms with Gasteiger partial charge in [0.25, 0.3) is 0 Å². The van der Waals surface area contributed by atoms with E-state index in [1.165, 1.54) is 24.0 Å². The number of nitrogens with one attached hydrogen (secondary N) is 1. The van der Waals surface area contributed by atoms with Crippen LogP contribution in [0, 0.1) is 5.92 Å². The van der Waals surface area contributed by atoms with Crippen LogP contribution in [0.1, 0.15) is 33.1 Å². The molecule has 2 heteroatoms. The van der Waals surface area contributed by atoms with Gasteiger partial charge >= 0.3 is 0 Å². The van der Waals surface area contributed by atoms with Crippen LogP contribution in [-0.4, -0.2) is 24.8 Å². The molecule has 0 fully saturated rings. The molecule has 0 spiro atoms. The highest BCUT2D eigenvalue weighted by Crippen LogP contribution is 2.23. The second kappa shape index (κ2) is 5.40. The maximum atomic E-state index is 9.12. The van der Waals surface area contributed by atoms with E-state index in [1.807, 2.05) is 0 Å². The van der Waals surface area contributed by atoms with Crippen LogP contribution < -0.4 is 5.32 Å². The topological polar surface area (TPSA) is 32.3 Å². The first-order chi connectivity index (χ1) is 6.29. The SMILES string of the molecule is CCCC1=C(C(C)CO)CCNC1. The Morgan fingerprint density at radius 1 is 1.54 bits per heavy atom. The first-order valence-electron chi connectivity index (χ1n) is 5.32. The molecule has 0 radical (unpaired) electrons. The zero-order chi connectivity index (χ0) is 9.68. The summed E-state index contributed by atoms with van der Waals surface area (Å²) in [5.41, 5.74) is 3.04. The summed E-state index contributed by atoms with van der Waals surface area (Å²) in [5, 5.41) is 12.5. The fourth-order valence-corrected chi connectivity index (χ4v) is 2.01. The van der Waals surface area contributed by atoms with Gasteiger partial charge in [-0.25, -0.2) is 0 Å². The van der Waals surface area contributed by atoms with Gasteiger partial charge in [0.15, 0.2) is 0 Å². The molecule has 0 aromatic heterocycles. The minimum absolute atomic E-state index is 0.294. The second-order valence-corrected chi connectivity index (χ2v) is 3.89. The molecule has 76 valence electrons. The van der Waals surface area contributed by atoms with Crippen molar-refractivity contribution in [2.75, 3.05) is 19.7 Å². The summed E-state index contributed by atoms with van der Waals surface area (Å²) in [4.78, 5) is 0. The number of hydrogen-bond donors (Lipinski definition) is 2. The van der Waals surface area contributed by atoms with Crippen molar-refractivity contribution < 1.29 is 5.11 Å². The molecule has 2 nitrogen and oxygen atoms in total. The third-order valence-electron chi connectivity index (χ3n) is 2.78. The molecule has 1 unspecified atom stereocenters. The highest BCUT2D eigenvalue weighted by molar-refractivity contribution is 5.21. The van der Waals surface area contributed by atoms with Gasteiger partial charge in [-0.15, -0.1) is 0 Å². The van der Waals surface area contributed by atoms with Crippen molar-refractivity contribution in [1.82, 2.24) is 5.32 Å². The Labute approximate surface area is 81.0 Å². The summed E-state index contributed by atoms with van der Waals surface area (Å²) in [5.74, 6) is 0.364. The summed E-state index contributed by atoms with van der Waals surface area (Å²) in [6, 6.07) is 0. The number of rotatable bonds is 4. The van der Waals surface area contributed by atoms with Gasteiger partial charge in [-0.05, 0) is 19.4 Å². The second-order valence-electron chi connectivity index (χ2n) is 3.89. The van der Waals surface area contributed by atoms with Crippen LogP contribution in [0.5, 0.6) is 0 Å². The van der Waals surface area contributed by atoms with Gasteiger partial charge in [-0.1, -0.05) is 31.4 Å². The van der Waals surface area contributed by atoms with Crippen molar-refractivity contribution in [1.29, 1.82) is 0 Å². The zero-order valence-corrected chi connectivity index (χ0v) is 8.77. The summed E-state index contributed by atoms with van der Waals surface area (Å²) in [6.07, 6.45) is 3.52. The Bertz CT molecular complexity index is 187. The van der Waals surface area contributed by atoms with Crippen molar-refractivity contribution in [3.05, 3.63) is 11.1 Å². The highest BCUT2D eigenvalue weighted by Gasteiger charge is 2.16. The lowest BCUT2D eigenvalue weighted by atomic mass is 9.89. The van der Waals surface area contributed by atoms with E-state index in [0.29, 0.717) is 12.5 Å². The lowest BCUT2D eigenvalue weighted by molar-refractivity contribution is 0.251. The molecule has 1 aliphatic heterocycles. The largest absolute Gasteiger partial charge is 0.396 e. The Morgan fingerprint density at radius 3 is 2.92 bits per heavy atom. The Kier molecular flexibility index (Phi) is 4.46. The van der Waals surface area contributed by atoms with E-state index in [0.717, 1.165) is 19.5 Å². The smallest absolute Gasteiger partial charge is 0.0493 e. The molecule has 0 aliphatic carbocycles. The van der Waals surface area contributed by atoms with E-state index in [-0.39, 0.29) is 0 Å². The molecule has 0 bridgehead atoms. The molecule has 0 saturated carbocycles. The lowest BCUT2D eigenvalue weighted by Crippen LogP contribution is -2.27. The Balaban J connectivity index is 2.70. The normalized spacial score (nSPS) is 20.5. The molecule has 0 saturated heterocycles. The van der Waals surface area contributed by atoms with Crippen LogP contribution in [0.25, 0.3) is 0 Å².